The number of ketones is 2. The molecule has 1 aliphatic rings. The Labute approximate surface area is 151 Å². The smallest absolute Gasteiger partial charge is 0.421 e. The van der Waals surface area contributed by atoms with E-state index >= 15 is 0 Å². The molecule has 0 aliphatic carbocycles. The molecule has 8 heteroatoms. The van der Waals surface area contributed by atoms with Crippen molar-refractivity contribution in [3.8, 4) is 11.5 Å². The van der Waals surface area contributed by atoms with E-state index in [1.165, 1.54) is 0 Å². The summed E-state index contributed by atoms with van der Waals surface area (Å²) >= 11 is 0. The van der Waals surface area contributed by atoms with Crippen LogP contribution in [0.25, 0.3) is 0 Å². The van der Waals surface area contributed by atoms with Gasteiger partial charge in [0.15, 0.2) is 23.1 Å². The molecule has 0 amide bonds. The van der Waals surface area contributed by atoms with E-state index in [0.717, 1.165) is 23.8 Å². The molecule has 1 aliphatic heterocycles. The summed E-state index contributed by atoms with van der Waals surface area (Å²) < 4.78 is 60.7. The molecule has 27 heavy (non-hydrogen) atoms. The van der Waals surface area contributed by atoms with Gasteiger partial charge in [0.25, 0.3) is 0 Å². The van der Waals surface area contributed by atoms with Gasteiger partial charge in [0.1, 0.15) is 0 Å². The molecule has 0 saturated heterocycles. The van der Waals surface area contributed by atoms with Crippen LogP contribution in [0, 0.1) is 6.92 Å². The van der Waals surface area contributed by atoms with Gasteiger partial charge >= 0.3 is 12.2 Å². The van der Waals surface area contributed by atoms with Crippen molar-refractivity contribution in [3.05, 3.63) is 59.2 Å². The minimum atomic E-state index is -4.86. The standard InChI is InChI=1S/C19H14F4O4/c1-11-2-4-12(5-3-11)14(24)7-8-15(25)13-6-9-16-17(10-13)27-19(22,23)18(20,21)26-16/h2-6,9-10H,7-8H2,1H3. The Bertz CT molecular complexity index is 891. The third-order valence-corrected chi connectivity index (χ3v) is 4.03. The molecule has 3 rings (SSSR count). The normalized spacial score (nSPS) is 16.6. The number of carbonyl (C=O) groups is 2. The first-order valence-corrected chi connectivity index (χ1v) is 8.00. The second kappa shape index (κ2) is 6.68. The largest absolute Gasteiger partial charge is 0.507 e. The number of rotatable bonds is 5. The first kappa shape index (κ1) is 18.9. The van der Waals surface area contributed by atoms with E-state index in [-0.39, 0.29) is 24.2 Å². The van der Waals surface area contributed by atoms with Gasteiger partial charge in [0.2, 0.25) is 0 Å². The van der Waals surface area contributed by atoms with Crippen molar-refractivity contribution in [1.82, 2.24) is 0 Å². The van der Waals surface area contributed by atoms with Gasteiger partial charge in [-0.1, -0.05) is 29.8 Å². The zero-order chi connectivity index (χ0) is 19.8. The maximum Gasteiger partial charge on any atom is 0.507 e. The van der Waals surface area contributed by atoms with Gasteiger partial charge in [0, 0.05) is 24.0 Å². The Balaban J connectivity index is 1.69. The van der Waals surface area contributed by atoms with E-state index in [1.54, 1.807) is 24.3 Å². The fourth-order valence-corrected chi connectivity index (χ4v) is 2.50. The van der Waals surface area contributed by atoms with Crippen LogP contribution in [-0.4, -0.2) is 23.8 Å². The summed E-state index contributed by atoms with van der Waals surface area (Å²) in [7, 11) is 0. The molecule has 2 aromatic carbocycles. The topological polar surface area (TPSA) is 52.6 Å². The zero-order valence-electron chi connectivity index (χ0n) is 14.1. The van der Waals surface area contributed by atoms with Crippen molar-refractivity contribution in [2.24, 2.45) is 0 Å². The highest BCUT2D eigenvalue weighted by Crippen LogP contribution is 2.47. The summed E-state index contributed by atoms with van der Waals surface area (Å²) in [5.41, 5.74) is 1.40. The van der Waals surface area contributed by atoms with Gasteiger partial charge in [-0.3, -0.25) is 9.59 Å². The van der Waals surface area contributed by atoms with Gasteiger partial charge in [-0.15, -0.1) is 0 Å². The van der Waals surface area contributed by atoms with Crippen LogP contribution in [0.1, 0.15) is 39.1 Å². The Kier molecular flexibility index (Phi) is 4.67. The van der Waals surface area contributed by atoms with Crippen LogP contribution in [0.4, 0.5) is 17.6 Å². The molecule has 0 atom stereocenters. The molecule has 0 spiro atoms. The average Bonchev–Trinajstić information content (AvgIpc) is 2.60. The SMILES string of the molecule is Cc1ccc(C(=O)CCC(=O)c2ccc3c(c2)OC(F)(F)C(F)(F)O3)cc1. The molecule has 1 heterocycles. The van der Waals surface area contributed by atoms with Gasteiger partial charge < -0.3 is 9.47 Å². The first-order chi connectivity index (χ1) is 12.6. The van der Waals surface area contributed by atoms with Crippen LogP contribution in [0.5, 0.6) is 11.5 Å². The predicted octanol–water partition coefficient (Wildman–Crippen LogP) is 4.80. The highest BCUT2D eigenvalue weighted by atomic mass is 19.3. The van der Waals surface area contributed by atoms with E-state index in [4.69, 9.17) is 0 Å². The van der Waals surface area contributed by atoms with Crippen molar-refractivity contribution in [2.45, 2.75) is 32.0 Å². The van der Waals surface area contributed by atoms with Crippen molar-refractivity contribution in [2.75, 3.05) is 0 Å². The minimum absolute atomic E-state index is 0.0462. The summed E-state index contributed by atoms with van der Waals surface area (Å²) in [5.74, 6) is -2.02. The molecular formula is C19H14F4O4. The van der Waals surface area contributed by atoms with Crippen LogP contribution in [0.2, 0.25) is 0 Å². The van der Waals surface area contributed by atoms with Crippen molar-refractivity contribution in [3.63, 3.8) is 0 Å². The van der Waals surface area contributed by atoms with Crippen LogP contribution < -0.4 is 9.47 Å². The van der Waals surface area contributed by atoms with Gasteiger partial charge in [-0.2, -0.15) is 17.6 Å². The molecule has 0 aromatic heterocycles. The summed E-state index contributed by atoms with van der Waals surface area (Å²) in [4.78, 5) is 24.3. The maximum atomic E-state index is 13.2. The van der Waals surface area contributed by atoms with Crippen LogP contribution in [-0.2, 0) is 0 Å². The number of hydrogen-bond donors (Lipinski definition) is 0. The number of benzene rings is 2. The van der Waals surface area contributed by atoms with E-state index in [9.17, 15) is 27.2 Å². The third-order valence-electron chi connectivity index (χ3n) is 4.03. The predicted molar refractivity (Wildman–Crippen MR) is 86.7 cm³/mol. The summed E-state index contributed by atoms with van der Waals surface area (Å²) in [6, 6.07) is 9.84. The number of alkyl halides is 4. The Hall–Kier alpha value is -2.90. The number of fused-ring (bicyclic) bond motifs is 1. The van der Waals surface area contributed by atoms with Crippen LogP contribution >= 0.6 is 0 Å². The lowest BCUT2D eigenvalue weighted by Gasteiger charge is -2.31. The monoisotopic (exact) mass is 382 g/mol. The fraction of sp³-hybridized carbons (Fsp3) is 0.263. The summed E-state index contributed by atoms with van der Waals surface area (Å²) in [6.07, 6.45) is -9.92. The molecule has 2 aromatic rings. The third kappa shape index (κ3) is 3.79. The molecule has 0 bridgehead atoms. The van der Waals surface area contributed by atoms with E-state index in [2.05, 4.69) is 9.47 Å². The molecule has 142 valence electrons. The molecule has 0 radical (unpaired) electrons. The summed E-state index contributed by atoms with van der Waals surface area (Å²) in [5, 5.41) is 0. The number of halogens is 4. The lowest BCUT2D eigenvalue weighted by atomic mass is 10.0. The Morgan fingerprint density at radius 1 is 0.778 bits per heavy atom. The quantitative estimate of drug-likeness (QED) is 0.551. The van der Waals surface area contributed by atoms with E-state index < -0.39 is 29.5 Å². The number of aryl methyl sites for hydroxylation is 1. The first-order valence-electron chi connectivity index (χ1n) is 8.00. The number of Topliss-reactive ketones (excluding diaryl/α,β-unsaturated/α-hetero) is 2. The zero-order valence-corrected chi connectivity index (χ0v) is 14.1. The second-order valence-electron chi connectivity index (χ2n) is 6.11. The van der Waals surface area contributed by atoms with E-state index in [1.807, 2.05) is 6.92 Å². The molecule has 0 N–H and O–H groups in total. The average molecular weight is 382 g/mol. The van der Waals surface area contributed by atoms with Gasteiger partial charge in [0.05, 0.1) is 0 Å². The van der Waals surface area contributed by atoms with Crippen LogP contribution in [0.3, 0.4) is 0 Å². The van der Waals surface area contributed by atoms with E-state index in [0.29, 0.717) is 5.56 Å². The van der Waals surface area contributed by atoms with Crippen molar-refractivity contribution >= 4 is 11.6 Å². The number of ether oxygens (including phenoxy) is 2. The minimum Gasteiger partial charge on any atom is -0.421 e. The highest BCUT2D eigenvalue weighted by Gasteiger charge is 2.65. The molecule has 0 saturated carbocycles. The Morgan fingerprint density at radius 3 is 1.85 bits per heavy atom. The highest BCUT2D eigenvalue weighted by molar-refractivity contribution is 6.02. The summed E-state index contributed by atoms with van der Waals surface area (Å²) in [6.45, 7) is 1.87. The Morgan fingerprint density at radius 2 is 1.26 bits per heavy atom. The lowest BCUT2D eigenvalue weighted by molar-refractivity contribution is -0.391. The molecule has 0 unspecified atom stereocenters. The molecular weight excluding hydrogens is 368 g/mol. The number of carbonyl (C=O) groups excluding carboxylic acids is 2. The van der Waals surface area contributed by atoms with Gasteiger partial charge in [-0.05, 0) is 25.1 Å². The lowest BCUT2D eigenvalue weighted by Crippen LogP contribution is -2.52. The van der Waals surface area contributed by atoms with Gasteiger partial charge in [-0.25, -0.2) is 0 Å². The maximum absolute atomic E-state index is 13.2. The van der Waals surface area contributed by atoms with Crippen LogP contribution in [0.15, 0.2) is 42.5 Å². The fourth-order valence-electron chi connectivity index (χ4n) is 2.50. The molecule has 4 nitrogen and oxygen atoms in total. The number of hydrogen-bond acceptors (Lipinski definition) is 4. The van der Waals surface area contributed by atoms with Crippen molar-refractivity contribution < 1.29 is 36.6 Å². The van der Waals surface area contributed by atoms with Crippen molar-refractivity contribution in [1.29, 1.82) is 0 Å². The molecule has 0 fully saturated rings. The second-order valence-corrected chi connectivity index (χ2v) is 6.11.